The van der Waals surface area contributed by atoms with Crippen molar-refractivity contribution < 1.29 is 34.4 Å². The van der Waals surface area contributed by atoms with Crippen LogP contribution >= 0.6 is 11.3 Å². The molecule has 0 saturated carbocycles. The van der Waals surface area contributed by atoms with Gasteiger partial charge < -0.3 is 9.52 Å². The molecule has 6 aromatic rings. The molecule has 1 radical (unpaired) electrons. The van der Waals surface area contributed by atoms with Crippen LogP contribution in [-0.2, 0) is 36.7 Å². The molecular weight excluding hydrogens is 875 g/mol. The molecule has 295 valence electrons. The van der Waals surface area contributed by atoms with Crippen LogP contribution in [0.15, 0.2) is 82.3 Å². The van der Waals surface area contributed by atoms with Crippen molar-refractivity contribution in [1.82, 2.24) is 4.98 Å². The van der Waals surface area contributed by atoms with Crippen LogP contribution in [-0.4, -0.2) is 15.9 Å². The zero-order valence-electron chi connectivity index (χ0n) is 35.0. The molecule has 3 aromatic carbocycles. The van der Waals surface area contributed by atoms with Crippen molar-refractivity contribution in [2.75, 3.05) is 0 Å². The fraction of sp³-hybridized carbons (Fsp3) is 0.429. The van der Waals surface area contributed by atoms with Crippen molar-refractivity contribution in [3.8, 4) is 22.4 Å². The maximum atomic E-state index is 12.2. The van der Waals surface area contributed by atoms with E-state index in [9.17, 15) is 9.90 Å². The molecule has 0 saturated heterocycles. The normalized spacial score (nSPS) is 12.6. The molecule has 3 aromatic heterocycles. The number of allylic oxidation sites excluding steroid dienone is 2. The van der Waals surface area contributed by atoms with Crippen LogP contribution in [0.1, 0.15) is 119 Å². The number of aromatic nitrogens is 1. The maximum Gasteiger partial charge on any atom is 0.164 e. The Kier molecular flexibility index (Phi) is 14.2. The van der Waals surface area contributed by atoms with E-state index in [1.54, 1.807) is 11.3 Å². The minimum Gasteiger partial charge on any atom is -0.512 e. The first kappa shape index (κ1) is 44.1. The van der Waals surface area contributed by atoms with Gasteiger partial charge in [-0.25, -0.2) is 0 Å². The van der Waals surface area contributed by atoms with Crippen LogP contribution in [0.3, 0.4) is 0 Å². The SMILES string of the molecule is CCC(C)(CC)C(=O)/C=C(\O)C(C)(CC)CC.Cc1oc2ccc(-c3cc(-c4[c-]c5ccccc5c(C(C)(C)C)c4)nc4ccsc34)cc2c1CC(C)C.[Ir]. The number of pyridine rings is 1. The molecule has 6 rings (SSSR count). The second-order valence-electron chi connectivity index (χ2n) is 17.0. The number of fused-ring (bicyclic) bond motifs is 3. The van der Waals surface area contributed by atoms with Crippen LogP contribution in [0.5, 0.6) is 0 Å². The number of furan rings is 1. The van der Waals surface area contributed by atoms with Gasteiger partial charge in [-0.15, -0.1) is 40.5 Å². The summed E-state index contributed by atoms with van der Waals surface area (Å²) < 4.78 is 7.34. The van der Waals surface area contributed by atoms with Gasteiger partial charge in [0.15, 0.2) is 5.78 Å². The summed E-state index contributed by atoms with van der Waals surface area (Å²) in [6.07, 6.45) is 5.77. The summed E-state index contributed by atoms with van der Waals surface area (Å²) in [5, 5.41) is 15.9. The van der Waals surface area contributed by atoms with Crippen molar-refractivity contribution in [3.05, 3.63) is 101 Å². The molecule has 0 aliphatic heterocycles. The van der Waals surface area contributed by atoms with Crippen LogP contribution in [0.25, 0.3) is 54.3 Å². The zero-order valence-corrected chi connectivity index (χ0v) is 38.2. The number of hydrogen-bond acceptors (Lipinski definition) is 5. The van der Waals surface area contributed by atoms with Gasteiger partial charge in [0, 0.05) is 53.7 Å². The first-order chi connectivity index (χ1) is 25.5. The molecule has 4 nitrogen and oxygen atoms in total. The van der Waals surface area contributed by atoms with Gasteiger partial charge in [-0.2, -0.15) is 0 Å². The van der Waals surface area contributed by atoms with Gasteiger partial charge in [0.2, 0.25) is 0 Å². The molecule has 0 bridgehead atoms. The predicted octanol–water partition coefficient (Wildman–Crippen LogP) is 14.8. The van der Waals surface area contributed by atoms with E-state index >= 15 is 0 Å². The number of aliphatic hydroxyl groups is 1. The fourth-order valence-corrected chi connectivity index (χ4v) is 7.95. The summed E-state index contributed by atoms with van der Waals surface area (Å²) in [7, 11) is 0. The van der Waals surface area contributed by atoms with Crippen LogP contribution in [0, 0.1) is 29.7 Å². The van der Waals surface area contributed by atoms with E-state index in [1.807, 2.05) is 41.5 Å². The minimum atomic E-state index is -0.337. The summed E-state index contributed by atoms with van der Waals surface area (Å²) >= 11 is 1.75. The molecule has 0 spiro atoms. The Morgan fingerprint density at radius 2 is 1.55 bits per heavy atom. The zero-order chi connectivity index (χ0) is 39.6. The van der Waals surface area contributed by atoms with Gasteiger partial charge in [-0.3, -0.25) is 9.78 Å². The van der Waals surface area contributed by atoms with E-state index < -0.39 is 0 Å². The van der Waals surface area contributed by atoms with E-state index in [1.165, 1.54) is 43.8 Å². The van der Waals surface area contributed by atoms with Crippen molar-refractivity contribution in [1.29, 1.82) is 0 Å². The summed E-state index contributed by atoms with van der Waals surface area (Å²) in [6, 6.07) is 25.5. The van der Waals surface area contributed by atoms with Crippen LogP contribution < -0.4 is 0 Å². The fourth-order valence-electron chi connectivity index (χ4n) is 7.08. The number of aliphatic hydroxyl groups excluding tert-OH is 1. The molecule has 0 atom stereocenters. The number of carbonyl (C=O) groups excluding carboxylic acids is 1. The van der Waals surface area contributed by atoms with Gasteiger partial charge in [-0.05, 0) is 85.1 Å². The third kappa shape index (κ3) is 9.36. The summed E-state index contributed by atoms with van der Waals surface area (Å²) in [5.74, 6) is 1.88. The predicted molar refractivity (Wildman–Crippen MR) is 232 cm³/mol. The Hall–Kier alpha value is -3.57. The largest absolute Gasteiger partial charge is 0.512 e. The quantitative estimate of drug-likeness (QED) is 0.0799. The Balaban J connectivity index is 0.000000320. The van der Waals surface area contributed by atoms with E-state index in [0.29, 0.717) is 5.92 Å². The summed E-state index contributed by atoms with van der Waals surface area (Å²) in [4.78, 5) is 17.3. The van der Waals surface area contributed by atoms with Crippen molar-refractivity contribution >= 4 is 49.1 Å². The summed E-state index contributed by atoms with van der Waals surface area (Å²) in [6.45, 7) is 25.5. The average Bonchev–Trinajstić information content (AvgIpc) is 3.76. The van der Waals surface area contributed by atoms with Gasteiger partial charge in [0.25, 0.3) is 0 Å². The third-order valence-corrected chi connectivity index (χ3v) is 12.7. The van der Waals surface area contributed by atoms with Crippen LogP contribution in [0.4, 0.5) is 0 Å². The van der Waals surface area contributed by atoms with E-state index in [4.69, 9.17) is 9.40 Å². The second-order valence-corrected chi connectivity index (χ2v) is 17.9. The van der Waals surface area contributed by atoms with E-state index in [0.717, 1.165) is 65.6 Å². The molecule has 0 aliphatic rings. The number of thiophene rings is 1. The molecule has 0 fully saturated rings. The van der Waals surface area contributed by atoms with Gasteiger partial charge >= 0.3 is 0 Å². The average molecular weight is 935 g/mol. The number of rotatable bonds is 11. The molecule has 1 N–H and O–H groups in total. The Morgan fingerprint density at radius 1 is 0.891 bits per heavy atom. The summed E-state index contributed by atoms with van der Waals surface area (Å²) in [5.41, 5.74) is 8.46. The van der Waals surface area contributed by atoms with E-state index in [-0.39, 0.29) is 47.9 Å². The van der Waals surface area contributed by atoms with Crippen molar-refractivity contribution in [2.45, 2.75) is 121 Å². The van der Waals surface area contributed by atoms with Crippen LogP contribution in [0.2, 0.25) is 0 Å². The number of aryl methyl sites for hydroxylation is 1. The smallest absolute Gasteiger partial charge is 0.164 e. The first-order valence-corrected chi connectivity index (χ1v) is 20.7. The van der Waals surface area contributed by atoms with Crippen molar-refractivity contribution in [3.63, 3.8) is 0 Å². The Morgan fingerprint density at radius 3 is 2.16 bits per heavy atom. The molecule has 3 heterocycles. The molecule has 0 unspecified atom stereocenters. The monoisotopic (exact) mass is 935 g/mol. The first-order valence-electron chi connectivity index (χ1n) is 19.8. The van der Waals surface area contributed by atoms with E-state index in [2.05, 4.69) is 114 Å². The standard InChI is InChI=1S/C34H32NOS.C15H28O2.Ir/c1-20(2)15-26-21(3)36-32-12-11-23(17-28(26)32)27-19-31(35-30-13-14-37-33(27)30)24-16-22-9-7-8-10-25(22)29(18-24)34(4,5)6;1-7-14(5,8-2)12(16)11-13(17)15(6,9-3)10-4;/h7-14,17-20H,15H2,1-6H3;11,16H,7-10H2,1-6H3;/q-1;;/b;12-11-;. The van der Waals surface area contributed by atoms with Gasteiger partial charge in [-0.1, -0.05) is 117 Å². The topological polar surface area (TPSA) is 63.3 Å². The van der Waals surface area contributed by atoms with Gasteiger partial charge in [0.1, 0.15) is 17.1 Å². The second kappa shape index (κ2) is 17.7. The molecule has 0 amide bonds. The number of benzene rings is 3. The third-order valence-electron chi connectivity index (χ3n) is 11.8. The maximum absolute atomic E-state index is 12.2. The minimum absolute atomic E-state index is 0. The Labute approximate surface area is 347 Å². The Bertz CT molecular complexity index is 2290. The molecular formula is C49H60IrNO3S-. The molecule has 0 aliphatic carbocycles. The molecule has 6 heteroatoms. The number of hydrogen-bond donors (Lipinski definition) is 1. The molecule has 55 heavy (non-hydrogen) atoms. The number of carbonyl (C=O) groups is 1. The number of ketones is 1. The van der Waals surface area contributed by atoms with Crippen molar-refractivity contribution in [2.24, 2.45) is 16.7 Å². The number of nitrogens with zero attached hydrogens (tertiary/aromatic N) is 1. The van der Waals surface area contributed by atoms with Gasteiger partial charge in [0.05, 0.1) is 10.2 Å².